The van der Waals surface area contributed by atoms with Gasteiger partial charge in [-0.05, 0) is 18.6 Å². The molecule has 6 heteroatoms. The van der Waals surface area contributed by atoms with E-state index in [-0.39, 0.29) is 25.4 Å². The van der Waals surface area contributed by atoms with Gasteiger partial charge in [0.1, 0.15) is 0 Å². The molecule has 20 heavy (non-hydrogen) atoms. The summed E-state index contributed by atoms with van der Waals surface area (Å²) in [7, 11) is 0. The number of nitrogens with two attached hydrogens (primary N) is 2. The van der Waals surface area contributed by atoms with Gasteiger partial charge in [-0.15, -0.1) is 0 Å². The average Bonchev–Trinajstić information content (AvgIpc) is 2.40. The SMILES string of the molecule is CCOCCC(=O)N(CC(N)=O)Cc1ccccc1N. The molecule has 1 aromatic rings. The van der Waals surface area contributed by atoms with Crippen molar-refractivity contribution in [2.45, 2.75) is 19.9 Å². The molecule has 6 nitrogen and oxygen atoms in total. The van der Waals surface area contributed by atoms with Gasteiger partial charge in [-0.25, -0.2) is 0 Å². The van der Waals surface area contributed by atoms with Crippen LogP contribution in [0.2, 0.25) is 0 Å². The van der Waals surface area contributed by atoms with E-state index in [9.17, 15) is 9.59 Å². The van der Waals surface area contributed by atoms with Crippen molar-refractivity contribution in [2.75, 3.05) is 25.5 Å². The molecule has 0 atom stereocenters. The van der Waals surface area contributed by atoms with Crippen molar-refractivity contribution < 1.29 is 14.3 Å². The number of benzene rings is 1. The monoisotopic (exact) mass is 279 g/mol. The number of rotatable bonds is 8. The summed E-state index contributed by atoms with van der Waals surface area (Å²) in [6.07, 6.45) is 0.216. The normalized spacial score (nSPS) is 10.2. The van der Waals surface area contributed by atoms with Gasteiger partial charge in [0.15, 0.2) is 0 Å². The maximum atomic E-state index is 12.1. The fraction of sp³-hybridized carbons (Fsp3) is 0.429. The minimum Gasteiger partial charge on any atom is -0.398 e. The Kier molecular flexibility index (Phi) is 6.52. The number of primary amides is 1. The van der Waals surface area contributed by atoms with E-state index in [1.165, 1.54) is 4.90 Å². The number of para-hydroxylation sites is 1. The number of nitrogen functional groups attached to an aromatic ring is 1. The second-order valence-electron chi connectivity index (χ2n) is 4.36. The molecule has 0 bridgehead atoms. The summed E-state index contributed by atoms with van der Waals surface area (Å²) in [5, 5.41) is 0. The van der Waals surface area contributed by atoms with Crippen LogP contribution >= 0.6 is 0 Å². The molecule has 0 fully saturated rings. The number of hydrogen-bond acceptors (Lipinski definition) is 4. The van der Waals surface area contributed by atoms with Crippen molar-refractivity contribution in [1.29, 1.82) is 0 Å². The van der Waals surface area contributed by atoms with Crippen LogP contribution in [0.5, 0.6) is 0 Å². The van der Waals surface area contributed by atoms with Gasteiger partial charge in [0.2, 0.25) is 11.8 Å². The number of nitrogens with zero attached hydrogens (tertiary/aromatic N) is 1. The van der Waals surface area contributed by atoms with E-state index in [1.54, 1.807) is 6.07 Å². The Morgan fingerprint density at radius 1 is 1.30 bits per heavy atom. The predicted octanol–water partition coefficient (Wildman–Crippen LogP) is 0.509. The smallest absolute Gasteiger partial charge is 0.237 e. The molecule has 0 saturated heterocycles. The number of anilines is 1. The van der Waals surface area contributed by atoms with Crippen molar-refractivity contribution in [3.8, 4) is 0 Å². The van der Waals surface area contributed by atoms with Gasteiger partial charge in [-0.2, -0.15) is 0 Å². The third-order valence-electron chi connectivity index (χ3n) is 2.78. The van der Waals surface area contributed by atoms with Crippen LogP contribution in [0, 0.1) is 0 Å². The predicted molar refractivity (Wildman–Crippen MR) is 76.6 cm³/mol. The van der Waals surface area contributed by atoms with E-state index >= 15 is 0 Å². The number of carbonyl (C=O) groups is 2. The Bertz CT molecular complexity index is 463. The lowest BCUT2D eigenvalue weighted by atomic mass is 10.1. The lowest BCUT2D eigenvalue weighted by Gasteiger charge is -2.22. The van der Waals surface area contributed by atoms with Gasteiger partial charge >= 0.3 is 0 Å². The molecule has 0 aliphatic heterocycles. The summed E-state index contributed by atoms with van der Waals surface area (Å²) in [6.45, 7) is 2.87. The van der Waals surface area contributed by atoms with E-state index in [0.29, 0.717) is 18.9 Å². The van der Waals surface area contributed by atoms with Gasteiger partial charge in [-0.3, -0.25) is 9.59 Å². The number of hydrogen-bond donors (Lipinski definition) is 2. The third-order valence-corrected chi connectivity index (χ3v) is 2.78. The molecular weight excluding hydrogens is 258 g/mol. The second kappa shape index (κ2) is 8.16. The van der Waals surface area contributed by atoms with Crippen LogP contribution in [0.4, 0.5) is 5.69 Å². The zero-order chi connectivity index (χ0) is 15.0. The van der Waals surface area contributed by atoms with Crippen molar-refractivity contribution in [3.05, 3.63) is 29.8 Å². The van der Waals surface area contributed by atoms with Gasteiger partial charge in [0, 0.05) is 18.8 Å². The molecule has 1 aromatic carbocycles. The van der Waals surface area contributed by atoms with E-state index in [2.05, 4.69) is 0 Å². The molecule has 0 aliphatic rings. The van der Waals surface area contributed by atoms with Gasteiger partial charge in [0.05, 0.1) is 19.6 Å². The van der Waals surface area contributed by atoms with Crippen LogP contribution in [0.1, 0.15) is 18.9 Å². The quantitative estimate of drug-likeness (QED) is 0.535. The van der Waals surface area contributed by atoms with E-state index in [0.717, 1.165) is 5.56 Å². The molecule has 4 N–H and O–H groups in total. The van der Waals surface area contributed by atoms with Gasteiger partial charge in [-0.1, -0.05) is 18.2 Å². The molecule has 110 valence electrons. The van der Waals surface area contributed by atoms with Crippen LogP contribution in [0.15, 0.2) is 24.3 Å². The molecule has 0 aliphatic carbocycles. The summed E-state index contributed by atoms with van der Waals surface area (Å²) >= 11 is 0. The molecule has 1 rings (SSSR count). The Labute approximate surface area is 118 Å². The summed E-state index contributed by atoms with van der Waals surface area (Å²) in [5.41, 5.74) is 12.4. The maximum absolute atomic E-state index is 12.1. The molecule has 2 amide bonds. The van der Waals surface area contributed by atoms with Crippen LogP contribution in [0.3, 0.4) is 0 Å². The van der Waals surface area contributed by atoms with Crippen LogP contribution < -0.4 is 11.5 Å². The third kappa shape index (κ3) is 5.27. The topological polar surface area (TPSA) is 98.6 Å². The highest BCUT2D eigenvalue weighted by Crippen LogP contribution is 2.14. The first-order valence-corrected chi connectivity index (χ1v) is 6.51. The summed E-state index contributed by atoms with van der Waals surface area (Å²) < 4.78 is 5.14. The molecule has 0 radical (unpaired) electrons. The highest BCUT2D eigenvalue weighted by Gasteiger charge is 2.16. The number of amides is 2. The minimum atomic E-state index is -0.552. The highest BCUT2D eigenvalue weighted by atomic mass is 16.5. The summed E-state index contributed by atoms with van der Waals surface area (Å²) in [5.74, 6) is -0.732. The Morgan fingerprint density at radius 3 is 2.60 bits per heavy atom. The Morgan fingerprint density at radius 2 is 2.00 bits per heavy atom. The fourth-order valence-corrected chi connectivity index (χ4v) is 1.77. The van der Waals surface area contributed by atoms with E-state index < -0.39 is 5.91 Å². The van der Waals surface area contributed by atoms with Crippen LogP contribution in [-0.2, 0) is 20.9 Å². The van der Waals surface area contributed by atoms with Crippen LogP contribution in [0.25, 0.3) is 0 Å². The minimum absolute atomic E-state index is 0.126. The highest BCUT2D eigenvalue weighted by molar-refractivity contribution is 5.84. The van der Waals surface area contributed by atoms with Crippen LogP contribution in [-0.4, -0.2) is 36.5 Å². The summed E-state index contributed by atoms with van der Waals surface area (Å²) in [4.78, 5) is 24.5. The first-order chi connectivity index (χ1) is 9.54. The van der Waals surface area contributed by atoms with E-state index in [4.69, 9.17) is 16.2 Å². The zero-order valence-corrected chi connectivity index (χ0v) is 11.7. The first kappa shape index (κ1) is 16.0. The Hall–Kier alpha value is -2.08. The number of carbonyl (C=O) groups excluding carboxylic acids is 2. The van der Waals surface area contributed by atoms with E-state index in [1.807, 2.05) is 25.1 Å². The lowest BCUT2D eigenvalue weighted by molar-refractivity contribution is -0.136. The molecular formula is C14H21N3O3. The molecule has 0 heterocycles. The Balaban J connectivity index is 2.71. The molecule has 0 saturated carbocycles. The summed E-state index contributed by atoms with van der Waals surface area (Å²) in [6, 6.07) is 7.22. The first-order valence-electron chi connectivity index (χ1n) is 6.51. The van der Waals surface area contributed by atoms with Gasteiger partial charge < -0.3 is 21.1 Å². The van der Waals surface area contributed by atoms with Crippen molar-refractivity contribution in [2.24, 2.45) is 5.73 Å². The standard InChI is InChI=1S/C14H21N3O3/c1-2-20-8-7-14(19)17(10-13(16)18)9-11-5-3-4-6-12(11)15/h3-6H,2,7-10,15H2,1H3,(H2,16,18). The fourth-order valence-electron chi connectivity index (χ4n) is 1.77. The molecule has 0 unspecified atom stereocenters. The average molecular weight is 279 g/mol. The zero-order valence-electron chi connectivity index (χ0n) is 11.7. The largest absolute Gasteiger partial charge is 0.398 e. The lowest BCUT2D eigenvalue weighted by Crippen LogP contribution is -2.38. The van der Waals surface area contributed by atoms with Gasteiger partial charge in [0.25, 0.3) is 0 Å². The van der Waals surface area contributed by atoms with Crippen molar-refractivity contribution in [3.63, 3.8) is 0 Å². The maximum Gasteiger partial charge on any atom is 0.237 e. The van der Waals surface area contributed by atoms with Crippen molar-refractivity contribution >= 4 is 17.5 Å². The number of ether oxygens (including phenoxy) is 1. The second-order valence-corrected chi connectivity index (χ2v) is 4.36. The molecule has 0 spiro atoms. The molecule has 0 aromatic heterocycles. The van der Waals surface area contributed by atoms with Crippen molar-refractivity contribution in [1.82, 2.24) is 4.90 Å².